The van der Waals surface area contributed by atoms with E-state index in [1.165, 1.54) is 12.3 Å². The van der Waals surface area contributed by atoms with Crippen LogP contribution < -0.4 is 16.1 Å². The van der Waals surface area contributed by atoms with E-state index in [9.17, 15) is 14.4 Å². The summed E-state index contributed by atoms with van der Waals surface area (Å²) in [5, 5.41) is 4.99. The number of carbonyl (C=O) groups is 2. The Balaban J connectivity index is 2.36. The van der Waals surface area contributed by atoms with E-state index in [-0.39, 0.29) is 29.7 Å². The highest BCUT2D eigenvalue weighted by atomic mass is 35.5. The number of ether oxygens (including phenoxy) is 1. The maximum Gasteiger partial charge on any atom is 0.407 e. The largest absolute Gasteiger partial charge is 0.444 e. The summed E-state index contributed by atoms with van der Waals surface area (Å²) in [5.74, 6) is -0.115. The number of nitrogens with one attached hydrogen (secondary N) is 3. The molecule has 0 saturated heterocycles. The number of halogens is 1. The second kappa shape index (κ2) is 7.12. The summed E-state index contributed by atoms with van der Waals surface area (Å²) in [6, 6.07) is 1.18. The number of rotatable bonds is 4. The van der Waals surface area contributed by atoms with E-state index >= 15 is 0 Å². The topological polar surface area (TPSA) is 100 Å². The molecule has 2 amide bonds. The van der Waals surface area contributed by atoms with Crippen molar-refractivity contribution < 1.29 is 14.3 Å². The number of aromatic amines is 1. The maximum atomic E-state index is 11.6. The van der Waals surface area contributed by atoms with Crippen LogP contribution in [0, 0.1) is 0 Å². The number of amides is 2. The summed E-state index contributed by atoms with van der Waals surface area (Å²) in [4.78, 5) is 36.9. The molecule has 1 aromatic heterocycles. The van der Waals surface area contributed by atoms with Gasteiger partial charge < -0.3 is 20.4 Å². The Hall–Kier alpha value is -2.02. The van der Waals surface area contributed by atoms with Gasteiger partial charge in [0.05, 0.1) is 0 Å². The lowest BCUT2D eigenvalue weighted by molar-refractivity contribution is -0.116. The minimum Gasteiger partial charge on any atom is -0.444 e. The first-order valence-corrected chi connectivity index (χ1v) is 6.70. The Morgan fingerprint density at radius 3 is 2.62 bits per heavy atom. The monoisotopic (exact) mass is 315 g/mol. The first-order chi connectivity index (χ1) is 9.67. The van der Waals surface area contributed by atoms with Crippen LogP contribution in [0.2, 0.25) is 5.02 Å². The molecule has 1 rings (SSSR count). The van der Waals surface area contributed by atoms with Crippen LogP contribution in [0.15, 0.2) is 17.1 Å². The fourth-order valence-corrected chi connectivity index (χ4v) is 1.44. The van der Waals surface area contributed by atoms with Crippen LogP contribution in [-0.4, -0.2) is 29.1 Å². The summed E-state index contributed by atoms with van der Waals surface area (Å²) in [6.07, 6.45) is 0.748. The highest BCUT2D eigenvalue weighted by Crippen LogP contribution is 2.06. The van der Waals surface area contributed by atoms with Crippen LogP contribution in [0.1, 0.15) is 27.2 Å². The molecule has 1 heterocycles. The predicted octanol–water partition coefficient (Wildman–Crippen LogP) is 1.88. The summed E-state index contributed by atoms with van der Waals surface area (Å²) in [6.45, 7) is 5.36. The molecule has 0 radical (unpaired) electrons. The van der Waals surface area contributed by atoms with E-state index in [1.807, 2.05) is 0 Å². The molecule has 0 aliphatic carbocycles. The molecule has 0 aliphatic heterocycles. The number of carbonyl (C=O) groups excluding carboxylic acids is 2. The number of pyridine rings is 1. The van der Waals surface area contributed by atoms with Crippen LogP contribution in [0.25, 0.3) is 0 Å². The lowest BCUT2D eigenvalue weighted by Gasteiger charge is -2.19. The zero-order valence-electron chi connectivity index (χ0n) is 12.1. The fraction of sp³-hybridized carbons (Fsp3) is 0.462. The molecule has 0 aliphatic rings. The number of anilines is 1. The average Bonchev–Trinajstić information content (AvgIpc) is 2.31. The maximum absolute atomic E-state index is 11.6. The van der Waals surface area contributed by atoms with Gasteiger partial charge in [-0.1, -0.05) is 11.6 Å². The van der Waals surface area contributed by atoms with Crippen molar-refractivity contribution in [1.29, 1.82) is 0 Å². The molecule has 1 aromatic rings. The zero-order valence-corrected chi connectivity index (χ0v) is 12.8. The van der Waals surface area contributed by atoms with Gasteiger partial charge in [0.15, 0.2) is 0 Å². The van der Waals surface area contributed by atoms with Crippen molar-refractivity contribution >= 4 is 29.4 Å². The number of hydrogen-bond acceptors (Lipinski definition) is 4. The van der Waals surface area contributed by atoms with Crippen LogP contribution in [0.3, 0.4) is 0 Å². The van der Waals surface area contributed by atoms with Gasteiger partial charge in [-0.05, 0) is 20.8 Å². The molecule has 0 fully saturated rings. The minimum absolute atomic E-state index is 0.0413. The van der Waals surface area contributed by atoms with Gasteiger partial charge in [0.25, 0.3) is 0 Å². The molecule has 0 bridgehead atoms. The van der Waals surface area contributed by atoms with E-state index in [1.54, 1.807) is 20.8 Å². The lowest BCUT2D eigenvalue weighted by Crippen LogP contribution is -2.34. The Morgan fingerprint density at radius 2 is 2.05 bits per heavy atom. The summed E-state index contributed by atoms with van der Waals surface area (Å²) in [5.41, 5.74) is -0.979. The van der Waals surface area contributed by atoms with E-state index in [0.29, 0.717) is 0 Å². The second-order valence-electron chi connectivity index (χ2n) is 5.29. The summed E-state index contributed by atoms with van der Waals surface area (Å²) < 4.78 is 5.02. The highest BCUT2D eigenvalue weighted by molar-refractivity contribution is 6.30. The molecule has 0 aromatic carbocycles. The van der Waals surface area contributed by atoms with Crippen molar-refractivity contribution in [1.82, 2.24) is 10.3 Å². The smallest absolute Gasteiger partial charge is 0.407 e. The molecule has 0 atom stereocenters. The molecular weight excluding hydrogens is 298 g/mol. The fourth-order valence-electron chi connectivity index (χ4n) is 1.33. The standard InChI is InChI=1S/C13H18ClN3O4/c1-13(2,3)21-12(20)15-5-4-11(19)17-10-6-9(18)8(14)7-16-10/h6-7H,4-5H2,1-3H3,(H,15,20)(H2,16,17,18,19). The highest BCUT2D eigenvalue weighted by Gasteiger charge is 2.15. The van der Waals surface area contributed by atoms with Crippen molar-refractivity contribution in [3.05, 3.63) is 27.5 Å². The van der Waals surface area contributed by atoms with Gasteiger partial charge in [-0.15, -0.1) is 0 Å². The SMILES string of the molecule is CC(C)(C)OC(=O)NCCC(=O)Nc1cc(=O)c(Cl)c[nH]1. The number of aromatic nitrogens is 1. The molecule has 116 valence electrons. The minimum atomic E-state index is -0.588. The molecule has 7 nitrogen and oxygen atoms in total. The van der Waals surface area contributed by atoms with Gasteiger partial charge >= 0.3 is 6.09 Å². The normalized spacial score (nSPS) is 10.9. The Labute approximate surface area is 127 Å². The number of alkyl carbamates (subject to hydrolysis) is 1. The van der Waals surface area contributed by atoms with Crippen molar-refractivity contribution in [3.63, 3.8) is 0 Å². The van der Waals surface area contributed by atoms with E-state index in [2.05, 4.69) is 15.6 Å². The molecule has 0 unspecified atom stereocenters. The predicted molar refractivity (Wildman–Crippen MR) is 79.6 cm³/mol. The zero-order chi connectivity index (χ0) is 16.0. The number of H-pyrrole nitrogens is 1. The van der Waals surface area contributed by atoms with E-state index < -0.39 is 17.1 Å². The van der Waals surface area contributed by atoms with E-state index in [0.717, 1.165) is 0 Å². The van der Waals surface area contributed by atoms with Crippen LogP contribution >= 0.6 is 11.6 Å². The third-order valence-corrected chi connectivity index (χ3v) is 2.45. The van der Waals surface area contributed by atoms with Gasteiger partial charge in [-0.3, -0.25) is 9.59 Å². The number of hydrogen-bond donors (Lipinski definition) is 3. The molecular formula is C13H18ClN3O4. The first-order valence-electron chi connectivity index (χ1n) is 6.32. The van der Waals surface area contributed by atoms with Gasteiger partial charge in [-0.2, -0.15) is 0 Å². The van der Waals surface area contributed by atoms with Gasteiger partial charge in [0.2, 0.25) is 11.3 Å². The third kappa shape index (κ3) is 6.80. The Bertz CT molecular complexity index is 578. The quantitative estimate of drug-likeness (QED) is 0.789. The third-order valence-electron chi connectivity index (χ3n) is 2.16. The molecule has 21 heavy (non-hydrogen) atoms. The lowest BCUT2D eigenvalue weighted by atomic mass is 10.2. The second-order valence-corrected chi connectivity index (χ2v) is 5.69. The first kappa shape index (κ1) is 17.0. The van der Waals surface area contributed by atoms with Crippen molar-refractivity contribution in [3.8, 4) is 0 Å². The molecule has 0 saturated carbocycles. The Morgan fingerprint density at radius 1 is 1.38 bits per heavy atom. The molecule has 0 spiro atoms. The van der Waals surface area contributed by atoms with Crippen molar-refractivity contribution in [2.45, 2.75) is 32.8 Å². The van der Waals surface area contributed by atoms with Gasteiger partial charge in [0, 0.05) is 25.2 Å². The van der Waals surface area contributed by atoms with Crippen molar-refractivity contribution in [2.24, 2.45) is 0 Å². The van der Waals surface area contributed by atoms with Gasteiger partial charge in [0.1, 0.15) is 16.4 Å². The van der Waals surface area contributed by atoms with E-state index in [4.69, 9.17) is 16.3 Å². The van der Waals surface area contributed by atoms with Gasteiger partial charge in [-0.25, -0.2) is 4.79 Å². The van der Waals surface area contributed by atoms with Crippen LogP contribution in [-0.2, 0) is 9.53 Å². The average molecular weight is 316 g/mol. The Kier molecular flexibility index (Phi) is 5.78. The van der Waals surface area contributed by atoms with Crippen LogP contribution in [0.4, 0.5) is 10.6 Å². The molecule has 8 heteroatoms. The van der Waals surface area contributed by atoms with Crippen LogP contribution in [0.5, 0.6) is 0 Å². The van der Waals surface area contributed by atoms with Crippen molar-refractivity contribution in [2.75, 3.05) is 11.9 Å². The summed E-state index contributed by atoms with van der Waals surface area (Å²) >= 11 is 5.57. The summed E-state index contributed by atoms with van der Waals surface area (Å²) in [7, 11) is 0. The molecule has 3 N–H and O–H groups in total.